The molecule has 0 atom stereocenters. The maximum atomic E-state index is 11.6. The summed E-state index contributed by atoms with van der Waals surface area (Å²) in [5.74, 6) is -1.02. The van der Waals surface area contributed by atoms with Gasteiger partial charge >= 0.3 is 5.97 Å². The molecule has 0 unspecified atom stereocenters. The molecule has 1 rings (SSSR count). The van der Waals surface area contributed by atoms with Crippen LogP contribution in [0.3, 0.4) is 0 Å². The fourth-order valence-electron chi connectivity index (χ4n) is 1.63. The number of carboxylic acid groups (broad SMARTS) is 1. The lowest BCUT2D eigenvalue weighted by Crippen LogP contribution is -2.15. The maximum Gasteiger partial charge on any atom is 0.335 e. The average Bonchev–Trinajstić information content (AvgIpc) is 2.28. The first-order chi connectivity index (χ1) is 8.54. The molecular formula is C13H18N2O3. The number of carbonyl (C=O) groups is 2. The Bertz CT molecular complexity index is 444. The lowest BCUT2D eigenvalue weighted by Gasteiger charge is -2.07. The molecule has 5 heteroatoms. The lowest BCUT2D eigenvalue weighted by atomic mass is 10.1. The van der Waals surface area contributed by atoms with E-state index in [1.54, 1.807) is 19.1 Å². The number of aryl methyl sites for hydroxylation is 1. The Morgan fingerprint density at radius 2 is 2.06 bits per heavy atom. The van der Waals surface area contributed by atoms with Gasteiger partial charge < -0.3 is 15.7 Å². The Kier molecular flexibility index (Phi) is 5.32. The topological polar surface area (TPSA) is 78.4 Å². The van der Waals surface area contributed by atoms with Crippen LogP contribution >= 0.6 is 0 Å². The second kappa shape index (κ2) is 6.76. The van der Waals surface area contributed by atoms with Crippen molar-refractivity contribution in [2.24, 2.45) is 0 Å². The maximum absolute atomic E-state index is 11.6. The molecule has 0 bridgehead atoms. The molecule has 1 amide bonds. The third-order valence-corrected chi connectivity index (χ3v) is 2.57. The Labute approximate surface area is 106 Å². The van der Waals surface area contributed by atoms with Gasteiger partial charge in [-0.15, -0.1) is 0 Å². The molecule has 1 aromatic rings. The normalized spacial score (nSPS) is 10.1. The van der Waals surface area contributed by atoms with Crippen LogP contribution in [0, 0.1) is 6.92 Å². The first-order valence-corrected chi connectivity index (χ1v) is 5.83. The molecule has 1 aromatic carbocycles. The predicted octanol–water partition coefficient (Wildman–Crippen LogP) is 1.63. The zero-order valence-corrected chi connectivity index (χ0v) is 10.6. The van der Waals surface area contributed by atoms with E-state index < -0.39 is 5.97 Å². The number of nitrogens with one attached hydrogen (secondary N) is 2. The number of rotatable bonds is 6. The highest BCUT2D eigenvalue weighted by Gasteiger charge is 2.08. The van der Waals surface area contributed by atoms with E-state index in [2.05, 4.69) is 10.6 Å². The predicted molar refractivity (Wildman–Crippen MR) is 69.9 cm³/mol. The van der Waals surface area contributed by atoms with E-state index in [1.807, 2.05) is 7.05 Å². The van der Waals surface area contributed by atoms with Crippen LogP contribution in [0.15, 0.2) is 18.2 Å². The monoisotopic (exact) mass is 250 g/mol. The van der Waals surface area contributed by atoms with Crippen molar-refractivity contribution >= 4 is 17.6 Å². The van der Waals surface area contributed by atoms with E-state index in [0.29, 0.717) is 17.7 Å². The largest absolute Gasteiger partial charge is 0.478 e. The van der Waals surface area contributed by atoms with Crippen molar-refractivity contribution in [2.75, 3.05) is 18.9 Å². The van der Waals surface area contributed by atoms with Crippen molar-refractivity contribution in [1.82, 2.24) is 5.32 Å². The van der Waals surface area contributed by atoms with Crippen LogP contribution in [0.4, 0.5) is 5.69 Å². The minimum Gasteiger partial charge on any atom is -0.478 e. The van der Waals surface area contributed by atoms with Crippen LogP contribution in [-0.2, 0) is 4.79 Å². The summed E-state index contributed by atoms with van der Waals surface area (Å²) < 4.78 is 0. The van der Waals surface area contributed by atoms with E-state index >= 15 is 0 Å². The number of carbonyl (C=O) groups excluding carboxylic acids is 1. The van der Waals surface area contributed by atoms with Crippen LogP contribution in [-0.4, -0.2) is 30.6 Å². The molecule has 0 saturated heterocycles. The van der Waals surface area contributed by atoms with E-state index in [4.69, 9.17) is 5.11 Å². The molecule has 98 valence electrons. The highest BCUT2D eigenvalue weighted by atomic mass is 16.4. The summed E-state index contributed by atoms with van der Waals surface area (Å²) in [5, 5.41) is 14.6. The minimum atomic E-state index is -0.959. The van der Waals surface area contributed by atoms with Gasteiger partial charge in [0.05, 0.1) is 5.56 Å². The van der Waals surface area contributed by atoms with Gasteiger partial charge in [0.2, 0.25) is 5.91 Å². The molecule has 0 fully saturated rings. The summed E-state index contributed by atoms with van der Waals surface area (Å²) >= 11 is 0. The molecule has 0 heterocycles. The molecule has 3 N–H and O–H groups in total. The van der Waals surface area contributed by atoms with Crippen molar-refractivity contribution in [1.29, 1.82) is 0 Å². The first kappa shape index (κ1) is 14.2. The minimum absolute atomic E-state index is 0.0623. The number of carboxylic acids is 1. The third kappa shape index (κ3) is 4.18. The summed E-state index contributed by atoms with van der Waals surface area (Å²) in [4.78, 5) is 22.4. The van der Waals surface area contributed by atoms with E-state index in [9.17, 15) is 9.59 Å². The van der Waals surface area contributed by atoms with E-state index in [0.717, 1.165) is 13.0 Å². The summed E-state index contributed by atoms with van der Waals surface area (Å²) in [6.45, 7) is 2.50. The van der Waals surface area contributed by atoms with Crippen molar-refractivity contribution in [3.63, 3.8) is 0 Å². The molecule has 0 radical (unpaired) electrons. The van der Waals surface area contributed by atoms with Crippen LogP contribution in [0.5, 0.6) is 0 Å². The molecule has 0 aromatic heterocycles. The van der Waals surface area contributed by atoms with Crippen molar-refractivity contribution < 1.29 is 14.7 Å². The number of amides is 1. The smallest absolute Gasteiger partial charge is 0.335 e. The molecule has 0 aliphatic carbocycles. The standard InChI is InChI=1S/C13H18N2O3/c1-9-8-10(5-6-11(9)13(17)18)15-12(16)4-3-7-14-2/h5-6,8,14H,3-4,7H2,1-2H3,(H,15,16)(H,17,18). The number of hydrogen-bond acceptors (Lipinski definition) is 3. The fraction of sp³-hybridized carbons (Fsp3) is 0.385. The van der Waals surface area contributed by atoms with Crippen LogP contribution in [0.1, 0.15) is 28.8 Å². The zero-order valence-electron chi connectivity index (χ0n) is 10.6. The number of anilines is 1. The van der Waals surface area contributed by atoms with Gasteiger partial charge in [-0.2, -0.15) is 0 Å². The van der Waals surface area contributed by atoms with Gasteiger partial charge in [0, 0.05) is 12.1 Å². The number of benzene rings is 1. The second-order valence-electron chi connectivity index (χ2n) is 4.09. The molecular weight excluding hydrogens is 232 g/mol. The van der Waals surface area contributed by atoms with Crippen LogP contribution < -0.4 is 10.6 Å². The van der Waals surface area contributed by atoms with Gasteiger partial charge in [0.25, 0.3) is 0 Å². The Morgan fingerprint density at radius 1 is 1.33 bits per heavy atom. The van der Waals surface area contributed by atoms with Gasteiger partial charge in [0.1, 0.15) is 0 Å². The molecule has 5 nitrogen and oxygen atoms in total. The number of hydrogen-bond donors (Lipinski definition) is 3. The van der Waals surface area contributed by atoms with E-state index in [1.165, 1.54) is 6.07 Å². The SMILES string of the molecule is CNCCCC(=O)Nc1ccc(C(=O)O)c(C)c1. The van der Waals surface area contributed by atoms with Gasteiger partial charge in [-0.05, 0) is 50.7 Å². The fourth-order valence-corrected chi connectivity index (χ4v) is 1.63. The van der Waals surface area contributed by atoms with Crippen molar-refractivity contribution in [3.8, 4) is 0 Å². The molecule has 0 aliphatic rings. The summed E-state index contributed by atoms with van der Waals surface area (Å²) in [6.07, 6.45) is 1.22. The second-order valence-corrected chi connectivity index (χ2v) is 4.09. The third-order valence-electron chi connectivity index (χ3n) is 2.57. The Balaban J connectivity index is 2.60. The quantitative estimate of drug-likeness (QED) is 0.670. The summed E-state index contributed by atoms with van der Waals surface area (Å²) in [5.41, 5.74) is 1.52. The molecule has 0 saturated carbocycles. The van der Waals surface area contributed by atoms with Crippen LogP contribution in [0.2, 0.25) is 0 Å². The molecule has 18 heavy (non-hydrogen) atoms. The number of aromatic carboxylic acids is 1. The average molecular weight is 250 g/mol. The van der Waals surface area contributed by atoms with Crippen LogP contribution in [0.25, 0.3) is 0 Å². The van der Waals surface area contributed by atoms with Crippen molar-refractivity contribution in [2.45, 2.75) is 19.8 Å². The molecule has 0 spiro atoms. The highest BCUT2D eigenvalue weighted by Crippen LogP contribution is 2.15. The molecule has 0 aliphatic heterocycles. The lowest BCUT2D eigenvalue weighted by molar-refractivity contribution is -0.116. The summed E-state index contributed by atoms with van der Waals surface area (Å²) in [6, 6.07) is 4.77. The van der Waals surface area contributed by atoms with Gasteiger partial charge in [0.15, 0.2) is 0 Å². The van der Waals surface area contributed by atoms with E-state index in [-0.39, 0.29) is 11.5 Å². The van der Waals surface area contributed by atoms with Gasteiger partial charge in [-0.3, -0.25) is 4.79 Å². The Morgan fingerprint density at radius 3 is 2.61 bits per heavy atom. The summed E-state index contributed by atoms with van der Waals surface area (Å²) in [7, 11) is 1.84. The zero-order chi connectivity index (χ0) is 13.5. The first-order valence-electron chi connectivity index (χ1n) is 5.83. The highest BCUT2D eigenvalue weighted by molar-refractivity contribution is 5.93. The van der Waals surface area contributed by atoms with Crippen molar-refractivity contribution in [3.05, 3.63) is 29.3 Å². The Hall–Kier alpha value is -1.88. The van der Waals surface area contributed by atoms with Gasteiger partial charge in [-0.1, -0.05) is 0 Å². The van der Waals surface area contributed by atoms with Gasteiger partial charge in [-0.25, -0.2) is 4.79 Å².